The number of aryl methyl sites for hydroxylation is 1. The molecule has 32 heavy (non-hydrogen) atoms. The molecule has 4 nitrogen and oxygen atoms in total. The largest absolute Gasteiger partial charge is 0.450 e. The highest BCUT2D eigenvalue weighted by Crippen LogP contribution is 2.39. The zero-order valence-corrected chi connectivity index (χ0v) is 18.4. The molecule has 6 heteroatoms. The third kappa shape index (κ3) is 3.41. The van der Waals surface area contributed by atoms with Gasteiger partial charge < -0.3 is 9.32 Å². The van der Waals surface area contributed by atoms with Crippen molar-refractivity contribution in [3.8, 4) is 0 Å². The Morgan fingerprint density at radius 3 is 2.41 bits per heavy atom. The fourth-order valence-corrected chi connectivity index (χ4v) is 4.62. The molecule has 4 aromatic rings. The molecule has 1 aliphatic heterocycles. The first kappa shape index (κ1) is 20.5. The van der Waals surface area contributed by atoms with E-state index < -0.39 is 6.04 Å². The lowest BCUT2D eigenvalue weighted by atomic mass is 9.98. The van der Waals surface area contributed by atoms with Gasteiger partial charge >= 0.3 is 0 Å². The van der Waals surface area contributed by atoms with Crippen LogP contribution in [0.2, 0.25) is 0 Å². The van der Waals surface area contributed by atoms with Crippen LogP contribution in [0.5, 0.6) is 0 Å². The fraction of sp³-hybridized carbons (Fsp3) is 0.154. The van der Waals surface area contributed by atoms with Gasteiger partial charge in [0.1, 0.15) is 11.4 Å². The van der Waals surface area contributed by atoms with E-state index in [0.717, 1.165) is 21.6 Å². The van der Waals surface area contributed by atoms with Crippen LogP contribution >= 0.6 is 11.8 Å². The van der Waals surface area contributed by atoms with Crippen LogP contribution in [0.25, 0.3) is 11.0 Å². The maximum Gasteiger partial charge on any atom is 0.291 e. The highest BCUT2D eigenvalue weighted by atomic mass is 32.2. The monoisotopic (exact) mass is 445 g/mol. The standard InChI is InChI=1S/C26H20FNO3S/c1-15-3-12-21-20(13-15)24(29)22-23(17-6-10-19(32-2)11-7-17)28(26(30)25(22)31-21)14-16-4-8-18(27)9-5-16/h3-13,23H,14H2,1-2H3/t23-/m1/s1. The Hall–Kier alpha value is -3.38. The second-order valence-electron chi connectivity index (χ2n) is 7.91. The summed E-state index contributed by atoms with van der Waals surface area (Å²) in [6.45, 7) is 2.14. The maximum atomic E-state index is 13.6. The maximum absolute atomic E-state index is 13.6. The van der Waals surface area contributed by atoms with E-state index in [2.05, 4.69) is 0 Å². The Morgan fingerprint density at radius 2 is 1.72 bits per heavy atom. The molecule has 0 N–H and O–H groups in total. The molecule has 0 aliphatic carbocycles. The van der Waals surface area contributed by atoms with Crippen LogP contribution in [0.4, 0.5) is 4.39 Å². The average Bonchev–Trinajstić information content (AvgIpc) is 3.08. The topological polar surface area (TPSA) is 50.5 Å². The van der Waals surface area contributed by atoms with Crippen molar-refractivity contribution in [2.75, 3.05) is 6.26 Å². The van der Waals surface area contributed by atoms with E-state index in [1.165, 1.54) is 12.1 Å². The molecule has 0 saturated carbocycles. The Bertz CT molecular complexity index is 1390. The van der Waals surface area contributed by atoms with Crippen molar-refractivity contribution in [2.45, 2.75) is 24.4 Å². The van der Waals surface area contributed by atoms with Gasteiger partial charge in [-0.3, -0.25) is 9.59 Å². The zero-order chi connectivity index (χ0) is 22.4. The van der Waals surface area contributed by atoms with E-state index in [4.69, 9.17) is 4.42 Å². The SMILES string of the molecule is CSc1ccc([C@@H]2c3c(oc4ccc(C)cc4c3=O)C(=O)N2Cc2ccc(F)cc2)cc1. The lowest BCUT2D eigenvalue weighted by Crippen LogP contribution is -2.29. The van der Waals surface area contributed by atoms with Gasteiger partial charge in [0.15, 0.2) is 5.43 Å². The van der Waals surface area contributed by atoms with Crippen molar-refractivity contribution in [3.63, 3.8) is 0 Å². The number of fused-ring (bicyclic) bond motifs is 2. The number of amides is 1. The molecule has 0 saturated heterocycles. The molecule has 1 aliphatic rings. The van der Waals surface area contributed by atoms with E-state index in [1.807, 2.05) is 43.5 Å². The molecule has 3 aromatic carbocycles. The normalized spacial score (nSPS) is 15.4. The molecule has 1 atom stereocenters. The van der Waals surface area contributed by atoms with Gasteiger partial charge in [0.25, 0.3) is 5.91 Å². The minimum absolute atomic E-state index is 0.0763. The highest BCUT2D eigenvalue weighted by molar-refractivity contribution is 7.98. The van der Waals surface area contributed by atoms with Crippen LogP contribution in [0.3, 0.4) is 0 Å². The van der Waals surface area contributed by atoms with Gasteiger partial charge in [-0.25, -0.2) is 4.39 Å². The van der Waals surface area contributed by atoms with Crippen molar-refractivity contribution in [1.82, 2.24) is 4.90 Å². The fourth-order valence-electron chi connectivity index (χ4n) is 4.22. The van der Waals surface area contributed by atoms with Crippen LogP contribution < -0.4 is 5.43 Å². The lowest BCUT2D eigenvalue weighted by Gasteiger charge is -2.25. The van der Waals surface area contributed by atoms with Crippen molar-refractivity contribution in [1.29, 1.82) is 0 Å². The van der Waals surface area contributed by atoms with Gasteiger partial charge in [0, 0.05) is 11.4 Å². The smallest absolute Gasteiger partial charge is 0.291 e. The summed E-state index contributed by atoms with van der Waals surface area (Å²) in [5.41, 5.74) is 3.10. The molecular formula is C26H20FNO3S. The number of carbonyl (C=O) groups excluding carboxylic acids is 1. The summed E-state index contributed by atoms with van der Waals surface area (Å²) in [6, 6.07) is 18.7. The molecule has 0 unspecified atom stereocenters. The van der Waals surface area contributed by atoms with E-state index >= 15 is 0 Å². The van der Waals surface area contributed by atoms with Gasteiger partial charge in [-0.15, -0.1) is 11.8 Å². The molecule has 0 fully saturated rings. The van der Waals surface area contributed by atoms with Crippen LogP contribution in [0.15, 0.2) is 80.8 Å². The number of halogens is 1. The first-order valence-electron chi connectivity index (χ1n) is 10.2. The summed E-state index contributed by atoms with van der Waals surface area (Å²) < 4.78 is 19.4. The van der Waals surface area contributed by atoms with Gasteiger partial charge in [-0.2, -0.15) is 0 Å². The van der Waals surface area contributed by atoms with Crippen molar-refractivity contribution < 1.29 is 13.6 Å². The summed E-state index contributed by atoms with van der Waals surface area (Å²) in [4.78, 5) is 29.7. The summed E-state index contributed by atoms with van der Waals surface area (Å²) in [5.74, 6) is -0.609. The van der Waals surface area contributed by atoms with Gasteiger partial charge in [0.2, 0.25) is 5.76 Å². The minimum atomic E-state index is -0.584. The molecule has 160 valence electrons. The summed E-state index contributed by atoms with van der Waals surface area (Å²) in [5, 5.41) is 0.464. The number of rotatable bonds is 4. The van der Waals surface area contributed by atoms with Crippen molar-refractivity contribution >= 4 is 28.6 Å². The second-order valence-corrected chi connectivity index (χ2v) is 8.79. The van der Waals surface area contributed by atoms with Crippen molar-refractivity contribution in [3.05, 3.63) is 111 Å². The molecule has 1 aromatic heterocycles. The Morgan fingerprint density at radius 1 is 1.00 bits per heavy atom. The average molecular weight is 446 g/mol. The minimum Gasteiger partial charge on any atom is -0.450 e. The number of hydrogen-bond donors (Lipinski definition) is 0. The zero-order valence-electron chi connectivity index (χ0n) is 17.6. The molecule has 2 heterocycles. The summed E-state index contributed by atoms with van der Waals surface area (Å²) in [6.07, 6.45) is 1.99. The van der Waals surface area contributed by atoms with Crippen LogP contribution in [0, 0.1) is 12.7 Å². The number of carbonyl (C=O) groups is 1. The van der Waals surface area contributed by atoms with E-state index in [-0.39, 0.29) is 29.5 Å². The summed E-state index contributed by atoms with van der Waals surface area (Å²) >= 11 is 1.62. The number of thioether (sulfide) groups is 1. The first-order chi connectivity index (χ1) is 15.5. The number of nitrogens with zero attached hydrogens (tertiary/aromatic N) is 1. The summed E-state index contributed by atoms with van der Waals surface area (Å²) in [7, 11) is 0. The molecule has 1 amide bonds. The third-order valence-corrected chi connectivity index (χ3v) is 6.56. The van der Waals surface area contributed by atoms with E-state index in [9.17, 15) is 14.0 Å². The van der Waals surface area contributed by atoms with E-state index in [0.29, 0.717) is 16.5 Å². The predicted molar refractivity (Wildman–Crippen MR) is 124 cm³/mol. The Balaban J connectivity index is 1.70. The van der Waals surface area contributed by atoms with Crippen LogP contribution in [-0.2, 0) is 6.54 Å². The van der Waals surface area contributed by atoms with Crippen LogP contribution in [0.1, 0.15) is 38.9 Å². The van der Waals surface area contributed by atoms with E-state index in [1.54, 1.807) is 40.9 Å². The molecule has 0 spiro atoms. The Labute approximate surface area is 188 Å². The van der Waals surface area contributed by atoms with Gasteiger partial charge in [0.05, 0.1) is 17.0 Å². The van der Waals surface area contributed by atoms with Crippen molar-refractivity contribution in [2.24, 2.45) is 0 Å². The third-order valence-electron chi connectivity index (χ3n) is 5.82. The molecular weight excluding hydrogens is 425 g/mol. The van der Waals surface area contributed by atoms with Gasteiger partial charge in [-0.1, -0.05) is 35.9 Å². The highest BCUT2D eigenvalue weighted by Gasteiger charge is 2.42. The molecule has 0 bridgehead atoms. The second kappa shape index (κ2) is 7.95. The predicted octanol–water partition coefficient (Wildman–Crippen LogP) is 5.71. The molecule has 5 rings (SSSR count). The number of hydrogen-bond acceptors (Lipinski definition) is 4. The van der Waals surface area contributed by atoms with Gasteiger partial charge in [-0.05, 0) is 60.7 Å². The lowest BCUT2D eigenvalue weighted by molar-refractivity contribution is 0.0714. The van der Waals surface area contributed by atoms with Crippen LogP contribution in [-0.4, -0.2) is 17.1 Å². The molecule has 0 radical (unpaired) electrons. The quantitative estimate of drug-likeness (QED) is 0.378. The first-order valence-corrected chi connectivity index (χ1v) is 11.5. The number of benzene rings is 3. The Kier molecular flexibility index (Phi) is 5.10.